The van der Waals surface area contributed by atoms with Gasteiger partial charge in [0.15, 0.2) is 5.92 Å². The molecule has 35 heavy (non-hydrogen) atoms. The van der Waals surface area contributed by atoms with Crippen LogP contribution in [0, 0.1) is 12.8 Å². The van der Waals surface area contributed by atoms with Gasteiger partial charge in [-0.15, -0.1) is 0 Å². The van der Waals surface area contributed by atoms with E-state index in [0.717, 1.165) is 27.7 Å². The van der Waals surface area contributed by atoms with Gasteiger partial charge in [0.2, 0.25) is 11.9 Å². The van der Waals surface area contributed by atoms with Gasteiger partial charge in [-0.25, -0.2) is 4.98 Å². The number of rotatable bonds is 6. The van der Waals surface area contributed by atoms with Crippen LogP contribution in [-0.4, -0.2) is 35.1 Å². The molecule has 0 N–H and O–H groups in total. The fourth-order valence-electron chi connectivity index (χ4n) is 4.68. The van der Waals surface area contributed by atoms with Gasteiger partial charge in [0, 0.05) is 0 Å². The SMILES string of the molecule is CCOC(=O)[C@@H]1C(=O)N(Cc2ccc(C)cc2)c2nc3ccccc3n2[C@@H]1c1ccc(OC)cc1. The first-order chi connectivity index (χ1) is 17.0. The molecule has 2 atom stereocenters. The Morgan fingerprint density at radius 3 is 2.40 bits per heavy atom. The van der Waals surface area contributed by atoms with Crippen molar-refractivity contribution in [2.45, 2.75) is 26.4 Å². The lowest BCUT2D eigenvalue weighted by atomic mass is 9.89. The van der Waals surface area contributed by atoms with Crippen molar-refractivity contribution in [2.24, 2.45) is 5.92 Å². The number of fused-ring (bicyclic) bond motifs is 3. The lowest BCUT2D eigenvalue weighted by molar-refractivity contribution is -0.153. The number of carbonyl (C=O) groups excluding carboxylic acids is 2. The third-order valence-electron chi connectivity index (χ3n) is 6.40. The molecule has 1 amide bonds. The van der Waals surface area contributed by atoms with E-state index in [9.17, 15) is 9.59 Å². The summed E-state index contributed by atoms with van der Waals surface area (Å²) in [6.07, 6.45) is 0. The van der Waals surface area contributed by atoms with Crippen molar-refractivity contribution in [2.75, 3.05) is 18.6 Å². The number of methoxy groups -OCH3 is 1. The van der Waals surface area contributed by atoms with Crippen molar-refractivity contribution in [3.63, 3.8) is 0 Å². The summed E-state index contributed by atoms with van der Waals surface area (Å²) in [4.78, 5) is 33.7. The molecule has 1 aromatic heterocycles. The lowest BCUT2D eigenvalue weighted by Gasteiger charge is -2.38. The predicted octanol–water partition coefficient (Wildman–Crippen LogP) is 4.67. The Morgan fingerprint density at radius 2 is 1.71 bits per heavy atom. The van der Waals surface area contributed by atoms with Gasteiger partial charge < -0.3 is 14.0 Å². The highest BCUT2D eigenvalue weighted by Gasteiger charge is 2.47. The fraction of sp³-hybridized carbons (Fsp3) is 0.250. The number of aryl methyl sites for hydroxylation is 1. The highest BCUT2D eigenvalue weighted by atomic mass is 16.5. The van der Waals surface area contributed by atoms with Crippen LogP contribution in [0.2, 0.25) is 0 Å². The van der Waals surface area contributed by atoms with Gasteiger partial charge in [0.1, 0.15) is 5.75 Å². The van der Waals surface area contributed by atoms with E-state index in [0.29, 0.717) is 18.2 Å². The van der Waals surface area contributed by atoms with Gasteiger partial charge >= 0.3 is 5.97 Å². The number of esters is 1. The van der Waals surface area contributed by atoms with E-state index in [1.165, 1.54) is 0 Å². The number of anilines is 1. The summed E-state index contributed by atoms with van der Waals surface area (Å²) < 4.78 is 12.7. The standard InChI is InChI=1S/C28H27N3O4/c1-4-35-27(33)24-25(20-13-15-21(34-3)16-14-20)31-23-8-6-5-7-22(23)29-28(31)30(26(24)32)17-19-11-9-18(2)10-12-19/h5-16,24-25H,4,17H2,1-3H3/t24-,25+/m0/s1. The number of benzene rings is 3. The summed E-state index contributed by atoms with van der Waals surface area (Å²) in [5, 5.41) is 0. The molecule has 5 rings (SSSR count). The molecule has 7 nitrogen and oxygen atoms in total. The lowest BCUT2D eigenvalue weighted by Crippen LogP contribution is -2.49. The molecule has 2 heterocycles. The van der Waals surface area contributed by atoms with Crippen LogP contribution in [0.15, 0.2) is 72.8 Å². The number of nitrogens with zero attached hydrogens (tertiary/aromatic N) is 3. The van der Waals surface area contributed by atoms with E-state index in [-0.39, 0.29) is 12.5 Å². The maximum absolute atomic E-state index is 14.0. The molecule has 4 aromatic rings. The molecule has 1 aliphatic heterocycles. The van der Waals surface area contributed by atoms with Crippen molar-refractivity contribution in [1.29, 1.82) is 0 Å². The molecule has 1 aliphatic rings. The molecule has 0 spiro atoms. The van der Waals surface area contributed by atoms with Crippen LogP contribution in [0.4, 0.5) is 5.95 Å². The van der Waals surface area contributed by atoms with Gasteiger partial charge in [0.25, 0.3) is 0 Å². The highest BCUT2D eigenvalue weighted by molar-refractivity contribution is 6.08. The maximum atomic E-state index is 14.0. The van der Waals surface area contributed by atoms with E-state index in [1.807, 2.05) is 84.3 Å². The Kier molecular flexibility index (Phi) is 5.99. The Morgan fingerprint density at radius 1 is 1.00 bits per heavy atom. The van der Waals surface area contributed by atoms with E-state index in [1.54, 1.807) is 18.9 Å². The number of amides is 1. The van der Waals surface area contributed by atoms with Gasteiger partial charge in [-0.3, -0.25) is 14.5 Å². The second kappa shape index (κ2) is 9.25. The summed E-state index contributed by atoms with van der Waals surface area (Å²) in [5.74, 6) is -0.722. The summed E-state index contributed by atoms with van der Waals surface area (Å²) >= 11 is 0. The quantitative estimate of drug-likeness (QED) is 0.303. The van der Waals surface area contributed by atoms with Crippen LogP contribution in [0.25, 0.3) is 11.0 Å². The number of ether oxygens (including phenoxy) is 2. The summed E-state index contributed by atoms with van der Waals surface area (Å²) in [5.41, 5.74) is 4.49. The fourth-order valence-corrected chi connectivity index (χ4v) is 4.68. The molecular formula is C28H27N3O4. The van der Waals surface area contributed by atoms with Crippen molar-refractivity contribution < 1.29 is 19.1 Å². The average molecular weight is 470 g/mol. The minimum Gasteiger partial charge on any atom is -0.497 e. The van der Waals surface area contributed by atoms with Crippen molar-refractivity contribution >= 4 is 28.9 Å². The summed E-state index contributed by atoms with van der Waals surface area (Å²) in [6, 6.07) is 22.6. The second-order valence-electron chi connectivity index (χ2n) is 8.63. The molecule has 0 bridgehead atoms. The van der Waals surface area contributed by atoms with Gasteiger partial charge in [-0.2, -0.15) is 0 Å². The van der Waals surface area contributed by atoms with Crippen molar-refractivity contribution in [3.8, 4) is 5.75 Å². The first-order valence-corrected chi connectivity index (χ1v) is 11.7. The molecule has 0 radical (unpaired) electrons. The van der Waals surface area contributed by atoms with E-state index >= 15 is 0 Å². The zero-order chi connectivity index (χ0) is 24.5. The van der Waals surface area contributed by atoms with Crippen molar-refractivity contribution in [1.82, 2.24) is 9.55 Å². The van der Waals surface area contributed by atoms with Crippen LogP contribution in [0.5, 0.6) is 5.75 Å². The van der Waals surface area contributed by atoms with Crippen LogP contribution in [0.1, 0.15) is 29.7 Å². The zero-order valence-electron chi connectivity index (χ0n) is 20.0. The number of hydrogen-bond acceptors (Lipinski definition) is 5. The van der Waals surface area contributed by atoms with Gasteiger partial charge in [0.05, 0.1) is 37.3 Å². The molecule has 178 valence electrons. The van der Waals surface area contributed by atoms with Crippen LogP contribution in [0.3, 0.4) is 0 Å². The summed E-state index contributed by atoms with van der Waals surface area (Å²) in [6.45, 7) is 4.25. The second-order valence-corrected chi connectivity index (χ2v) is 8.63. The molecule has 0 aliphatic carbocycles. The molecule has 0 unspecified atom stereocenters. The Hall–Kier alpha value is -4.13. The molecule has 0 fully saturated rings. The van der Waals surface area contributed by atoms with E-state index in [2.05, 4.69) is 0 Å². The Balaban J connectivity index is 1.72. The maximum Gasteiger partial charge on any atom is 0.321 e. The van der Waals surface area contributed by atoms with E-state index in [4.69, 9.17) is 14.5 Å². The topological polar surface area (TPSA) is 73.7 Å². The monoisotopic (exact) mass is 469 g/mol. The minimum atomic E-state index is -1.06. The van der Waals surface area contributed by atoms with E-state index < -0.39 is 17.9 Å². The smallest absolute Gasteiger partial charge is 0.321 e. The van der Waals surface area contributed by atoms with Gasteiger partial charge in [-0.1, -0.05) is 54.1 Å². The molecule has 0 saturated heterocycles. The normalized spacial score (nSPS) is 17.3. The number of imidazole rings is 1. The third kappa shape index (κ3) is 4.03. The number of aromatic nitrogens is 2. The largest absolute Gasteiger partial charge is 0.497 e. The van der Waals surface area contributed by atoms with Crippen LogP contribution in [-0.2, 0) is 20.9 Å². The highest BCUT2D eigenvalue weighted by Crippen LogP contribution is 2.42. The Bertz CT molecular complexity index is 1380. The van der Waals surface area contributed by atoms with Crippen LogP contribution >= 0.6 is 0 Å². The van der Waals surface area contributed by atoms with Crippen LogP contribution < -0.4 is 9.64 Å². The first kappa shape index (κ1) is 22.7. The first-order valence-electron chi connectivity index (χ1n) is 11.7. The molecule has 7 heteroatoms. The average Bonchev–Trinajstić information content (AvgIpc) is 3.26. The minimum absolute atomic E-state index is 0.188. The molecule has 0 saturated carbocycles. The summed E-state index contributed by atoms with van der Waals surface area (Å²) in [7, 11) is 1.60. The zero-order valence-corrected chi connectivity index (χ0v) is 20.0. The number of carbonyl (C=O) groups is 2. The Labute approximate surface area is 203 Å². The third-order valence-corrected chi connectivity index (χ3v) is 6.40. The van der Waals surface area contributed by atoms with Gasteiger partial charge in [-0.05, 0) is 49.2 Å². The number of hydrogen-bond donors (Lipinski definition) is 0. The molecule has 3 aromatic carbocycles. The molecular weight excluding hydrogens is 442 g/mol. The predicted molar refractivity (Wildman–Crippen MR) is 133 cm³/mol. The van der Waals surface area contributed by atoms with Crippen molar-refractivity contribution in [3.05, 3.63) is 89.5 Å². The number of para-hydroxylation sites is 2.